The highest BCUT2D eigenvalue weighted by molar-refractivity contribution is 9.10. The van der Waals surface area contributed by atoms with Crippen LogP contribution in [0, 0.1) is 0 Å². The molecule has 0 aromatic carbocycles. The van der Waals surface area contributed by atoms with E-state index in [4.69, 9.17) is 0 Å². The molecule has 0 saturated carbocycles. The lowest BCUT2D eigenvalue weighted by Gasteiger charge is -2.29. The van der Waals surface area contributed by atoms with Crippen LogP contribution >= 0.6 is 15.9 Å². The number of alkyl halides is 1. The fraction of sp³-hybridized carbons (Fsp3) is 0.556. The molecule has 0 bridgehead atoms. The number of halogens is 2. The molecule has 0 spiro atoms. The number of rotatable bonds is 1. The second-order valence-electron chi connectivity index (χ2n) is 3.38. The van der Waals surface area contributed by atoms with Crippen LogP contribution in [-0.4, -0.2) is 29.2 Å². The van der Waals surface area contributed by atoms with Crippen LogP contribution in [0.2, 0.25) is 0 Å². The van der Waals surface area contributed by atoms with Gasteiger partial charge in [-0.15, -0.1) is 0 Å². The van der Waals surface area contributed by atoms with Gasteiger partial charge in [-0.2, -0.15) is 0 Å². The molecule has 1 saturated heterocycles. The average molecular weight is 260 g/mol. The average Bonchev–Trinajstić information content (AvgIpc) is 2.19. The van der Waals surface area contributed by atoms with E-state index in [-0.39, 0.29) is 0 Å². The highest BCUT2D eigenvalue weighted by atomic mass is 79.9. The van der Waals surface area contributed by atoms with Crippen LogP contribution in [0.1, 0.15) is 12.8 Å². The largest absolute Gasteiger partial charge is 0.352 e. The number of anilines is 1. The van der Waals surface area contributed by atoms with E-state index in [0.29, 0.717) is 17.6 Å². The summed E-state index contributed by atoms with van der Waals surface area (Å²) in [7, 11) is 0. The minimum atomic E-state index is -0.728. The highest BCUT2D eigenvalue weighted by Crippen LogP contribution is 2.19. The lowest BCUT2D eigenvalue weighted by molar-refractivity contribution is 0.286. The molecular formula is C9H11BrFN3. The third-order valence-corrected chi connectivity index (χ3v) is 2.70. The Bertz CT molecular complexity index is 303. The van der Waals surface area contributed by atoms with Crippen molar-refractivity contribution in [2.24, 2.45) is 0 Å². The van der Waals surface area contributed by atoms with Gasteiger partial charge in [0.25, 0.3) is 0 Å². The van der Waals surface area contributed by atoms with E-state index in [9.17, 15) is 4.39 Å². The van der Waals surface area contributed by atoms with Crippen LogP contribution in [-0.2, 0) is 0 Å². The van der Waals surface area contributed by atoms with E-state index in [1.54, 1.807) is 12.4 Å². The Kier molecular flexibility index (Phi) is 2.96. The Balaban J connectivity index is 2.10. The van der Waals surface area contributed by atoms with Crippen LogP contribution in [0.15, 0.2) is 17.0 Å². The standard InChI is InChI=1S/C9H11BrFN3/c10-8-4-13-9(5-12-8)14-3-1-2-7(11)6-14/h4-5,7H,1-3,6H2/t7-/m0/s1. The molecule has 2 heterocycles. The number of nitrogens with zero attached hydrogens (tertiary/aromatic N) is 3. The third-order valence-electron chi connectivity index (χ3n) is 2.29. The first-order chi connectivity index (χ1) is 6.75. The van der Waals surface area contributed by atoms with E-state index in [1.165, 1.54) is 0 Å². The van der Waals surface area contributed by atoms with Crippen molar-refractivity contribution in [1.29, 1.82) is 0 Å². The molecule has 1 aromatic heterocycles. The molecule has 0 N–H and O–H groups in total. The van der Waals surface area contributed by atoms with Crippen molar-refractivity contribution in [1.82, 2.24) is 9.97 Å². The Labute approximate surface area is 90.5 Å². The first kappa shape index (κ1) is 9.83. The van der Waals surface area contributed by atoms with Crippen molar-refractivity contribution in [3.8, 4) is 0 Å². The molecule has 1 fully saturated rings. The topological polar surface area (TPSA) is 29.0 Å². The van der Waals surface area contributed by atoms with Crippen molar-refractivity contribution in [2.45, 2.75) is 19.0 Å². The SMILES string of the molecule is F[C@H]1CCCN(c2cnc(Br)cn2)C1. The Morgan fingerprint density at radius 1 is 1.43 bits per heavy atom. The minimum Gasteiger partial charge on any atom is -0.352 e. The van der Waals surface area contributed by atoms with Crippen LogP contribution in [0.4, 0.5) is 10.2 Å². The van der Waals surface area contributed by atoms with Gasteiger partial charge in [0.05, 0.1) is 18.9 Å². The van der Waals surface area contributed by atoms with Crippen molar-refractivity contribution >= 4 is 21.7 Å². The second-order valence-corrected chi connectivity index (χ2v) is 4.20. The summed E-state index contributed by atoms with van der Waals surface area (Å²) in [5.41, 5.74) is 0. The van der Waals surface area contributed by atoms with E-state index >= 15 is 0 Å². The summed E-state index contributed by atoms with van der Waals surface area (Å²) < 4.78 is 13.8. The van der Waals surface area contributed by atoms with Gasteiger partial charge in [-0.25, -0.2) is 14.4 Å². The maximum absolute atomic E-state index is 13.1. The van der Waals surface area contributed by atoms with E-state index in [2.05, 4.69) is 25.9 Å². The number of piperidine rings is 1. The van der Waals surface area contributed by atoms with Crippen molar-refractivity contribution < 1.29 is 4.39 Å². The van der Waals surface area contributed by atoms with Gasteiger partial charge in [-0.3, -0.25) is 0 Å². The maximum Gasteiger partial charge on any atom is 0.147 e. The molecular weight excluding hydrogens is 249 g/mol. The van der Waals surface area contributed by atoms with Gasteiger partial charge < -0.3 is 4.90 Å². The first-order valence-electron chi connectivity index (χ1n) is 4.62. The van der Waals surface area contributed by atoms with Gasteiger partial charge in [-0.1, -0.05) is 0 Å². The zero-order chi connectivity index (χ0) is 9.97. The summed E-state index contributed by atoms with van der Waals surface area (Å²) in [5, 5.41) is 0. The Morgan fingerprint density at radius 2 is 2.29 bits per heavy atom. The summed E-state index contributed by atoms with van der Waals surface area (Å²) in [6.07, 6.45) is 4.13. The summed E-state index contributed by atoms with van der Waals surface area (Å²) >= 11 is 3.22. The zero-order valence-electron chi connectivity index (χ0n) is 7.66. The molecule has 1 aliphatic rings. The molecule has 0 unspecified atom stereocenters. The zero-order valence-corrected chi connectivity index (χ0v) is 9.24. The quantitative estimate of drug-likeness (QED) is 0.774. The summed E-state index contributed by atoms with van der Waals surface area (Å²) in [6, 6.07) is 0. The fourth-order valence-electron chi connectivity index (χ4n) is 1.60. The van der Waals surface area contributed by atoms with Crippen LogP contribution in [0.3, 0.4) is 0 Å². The maximum atomic E-state index is 13.1. The molecule has 0 aliphatic carbocycles. The van der Waals surface area contributed by atoms with Gasteiger partial charge in [0.2, 0.25) is 0 Å². The number of aromatic nitrogens is 2. The van der Waals surface area contributed by atoms with Crippen LogP contribution in [0.5, 0.6) is 0 Å². The molecule has 14 heavy (non-hydrogen) atoms. The van der Waals surface area contributed by atoms with Crippen molar-refractivity contribution in [2.75, 3.05) is 18.0 Å². The lowest BCUT2D eigenvalue weighted by Crippen LogP contribution is -2.36. The summed E-state index contributed by atoms with van der Waals surface area (Å²) in [5.74, 6) is 0.760. The Morgan fingerprint density at radius 3 is 2.93 bits per heavy atom. The van der Waals surface area contributed by atoms with Crippen LogP contribution < -0.4 is 4.90 Å². The molecule has 2 rings (SSSR count). The summed E-state index contributed by atoms with van der Waals surface area (Å²) in [4.78, 5) is 10.2. The fourth-order valence-corrected chi connectivity index (χ4v) is 1.81. The number of hydrogen-bond donors (Lipinski definition) is 0. The molecule has 1 aliphatic heterocycles. The molecule has 1 atom stereocenters. The van der Waals surface area contributed by atoms with Gasteiger partial charge in [-0.05, 0) is 28.8 Å². The minimum absolute atomic E-state index is 0.441. The number of hydrogen-bond acceptors (Lipinski definition) is 3. The van der Waals surface area contributed by atoms with Crippen molar-refractivity contribution in [3.63, 3.8) is 0 Å². The Hall–Kier alpha value is -0.710. The predicted molar refractivity (Wildman–Crippen MR) is 56.1 cm³/mol. The van der Waals surface area contributed by atoms with Gasteiger partial charge in [0.1, 0.15) is 16.6 Å². The van der Waals surface area contributed by atoms with Gasteiger partial charge >= 0.3 is 0 Å². The smallest absolute Gasteiger partial charge is 0.147 e. The third kappa shape index (κ3) is 2.20. The predicted octanol–water partition coefficient (Wildman–Crippen LogP) is 2.18. The molecule has 76 valence electrons. The summed E-state index contributed by atoms with van der Waals surface area (Å²) in [6.45, 7) is 1.31. The highest BCUT2D eigenvalue weighted by Gasteiger charge is 2.20. The van der Waals surface area contributed by atoms with Gasteiger partial charge in [0, 0.05) is 6.54 Å². The van der Waals surface area contributed by atoms with Crippen LogP contribution in [0.25, 0.3) is 0 Å². The first-order valence-corrected chi connectivity index (χ1v) is 5.41. The molecule has 0 radical (unpaired) electrons. The van der Waals surface area contributed by atoms with E-state index in [1.807, 2.05) is 4.90 Å². The second kappa shape index (κ2) is 4.21. The van der Waals surface area contributed by atoms with Gasteiger partial charge in [0.15, 0.2) is 0 Å². The molecule has 3 nitrogen and oxygen atoms in total. The molecule has 5 heteroatoms. The van der Waals surface area contributed by atoms with E-state index in [0.717, 1.165) is 18.8 Å². The van der Waals surface area contributed by atoms with E-state index < -0.39 is 6.17 Å². The monoisotopic (exact) mass is 259 g/mol. The lowest BCUT2D eigenvalue weighted by atomic mass is 10.1. The normalized spacial score (nSPS) is 22.4. The molecule has 0 amide bonds. The van der Waals surface area contributed by atoms with Crippen molar-refractivity contribution in [3.05, 3.63) is 17.0 Å². The molecule has 1 aromatic rings.